The number of aromatic nitrogens is 2. The Kier molecular flexibility index (Phi) is 5.02. The molecule has 0 aromatic carbocycles. The van der Waals surface area contributed by atoms with Crippen molar-refractivity contribution in [3.63, 3.8) is 0 Å². The summed E-state index contributed by atoms with van der Waals surface area (Å²) in [4.78, 5) is 18.9. The Hall–Kier alpha value is -1.32. The second kappa shape index (κ2) is 6.30. The molecule has 1 heterocycles. The zero-order valence-corrected chi connectivity index (χ0v) is 10.3. The predicted octanol–water partition coefficient (Wildman–Crippen LogP) is 2.41. The topological polar surface area (TPSA) is 57.8 Å². The van der Waals surface area contributed by atoms with Gasteiger partial charge in [0.05, 0.1) is 6.04 Å². The van der Waals surface area contributed by atoms with Crippen molar-refractivity contribution in [2.24, 2.45) is 5.92 Å². The summed E-state index contributed by atoms with van der Waals surface area (Å²) in [5, 5.41) is 3.00. The maximum Gasteiger partial charge on any atom is 0.220 e. The lowest BCUT2D eigenvalue weighted by atomic mass is 10.0. The smallest absolute Gasteiger partial charge is 0.220 e. The normalized spacial score (nSPS) is 14.4. The van der Waals surface area contributed by atoms with Gasteiger partial charge in [0, 0.05) is 18.8 Å². The molecule has 0 aliphatic heterocycles. The summed E-state index contributed by atoms with van der Waals surface area (Å²) in [6.07, 6.45) is 5.95. The molecule has 0 spiro atoms. The van der Waals surface area contributed by atoms with Crippen molar-refractivity contribution in [3.05, 3.63) is 18.2 Å². The number of imidazole rings is 1. The third-order valence-electron chi connectivity index (χ3n) is 2.82. The van der Waals surface area contributed by atoms with E-state index in [0.717, 1.165) is 18.7 Å². The van der Waals surface area contributed by atoms with E-state index >= 15 is 0 Å². The van der Waals surface area contributed by atoms with Gasteiger partial charge in [0.2, 0.25) is 5.91 Å². The van der Waals surface area contributed by atoms with E-state index in [0.29, 0.717) is 12.3 Å². The lowest BCUT2D eigenvalue weighted by molar-refractivity contribution is -0.122. The van der Waals surface area contributed by atoms with E-state index in [1.807, 2.05) is 6.92 Å². The van der Waals surface area contributed by atoms with Crippen molar-refractivity contribution < 1.29 is 4.79 Å². The fourth-order valence-corrected chi connectivity index (χ4v) is 1.55. The number of aromatic amines is 1. The standard InChI is InChI=1S/C12H21N3O/c1-4-9(3)8-11(16)15-10(5-2)12-13-6-7-14-12/h6-7,9-10H,4-5,8H2,1-3H3,(H,13,14)(H,15,16). The van der Waals surface area contributed by atoms with Crippen molar-refractivity contribution in [2.75, 3.05) is 0 Å². The van der Waals surface area contributed by atoms with Gasteiger partial charge in [-0.15, -0.1) is 0 Å². The second-order valence-electron chi connectivity index (χ2n) is 4.22. The summed E-state index contributed by atoms with van der Waals surface area (Å²) < 4.78 is 0. The Morgan fingerprint density at radius 3 is 2.75 bits per heavy atom. The number of hydrogen-bond acceptors (Lipinski definition) is 2. The second-order valence-corrected chi connectivity index (χ2v) is 4.22. The molecule has 2 N–H and O–H groups in total. The van der Waals surface area contributed by atoms with Crippen molar-refractivity contribution in [2.45, 2.75) is 46.1 Å². The van der Waals surface area contributed by atoms with Crippen LogP contribution in [0.25, 0.3) is 0 Å². The maximum atomic E-state index is 11.7. The van der Waals surface area contributed by atoms with Crippen LogP contribution in [0.5, 0.6) is 0 Å². The zero-order valence-electron chi connectivity index (χ0n) is 10.3. The van der Waals surface area contributed by atoms with E-state index in [1.54, 1.807) is 12.4 Å². The first-order valence-corrected chi connectivity index (χ1v) is 5.96. The fourth-order valence-electron chi connectivity index (χ4n) is 1.55. The Balaban J connectivity index is 2.48. The molecule has 0 radical (unpaired) electrons. The van der Waals surface area contributed by atoms with Gasteiger partial charge in [0.1, 0.15) is 5.82 Å². The SMILES string of the molecule is CCC(C)CC(=O)NC(CC)c1ncc[nH]1. The highest BCUT2D eigenvalue weighted by atomic mass is 16.1. The molecule has 0 saturated heterocycles. The van der Waals surface area contributed by atoms with Crippen molar-refractivity contribution in [1.82, 2.24) is 15.3 Å². The first-order valence-electron chi connectivity index (χ1n) is 5.96. The van der Waals surface area contributed by atoms with Crippen LogP contribution < -0.4 is 5.32 Å². The molecular formula is C12H21N3O. The average molecular weight is 223 g/mol. The Morgan fingerprint density at radius 2 is 2.25 bits per heavy atom. The maximum absolute atomic E-state index is 11.7. The predicted molar refractivity (Wildman–Crippen MR) is 63.8 cm³/mol. The van der Waals surface area contributed by atoms with Gasteiger partial charge in [-0.1, -0.05) is 27.2 Å². The number of nitrogens with one attached hydrogen (secondary N) is 2. The van der Waals surface area contributed by atoms with Crippen LogP contribution in [0.2, 0.25) is 0 Å². The molecule has 2 atom stereocenters. The summed E-state index contributed by atoms with van der Waals surface area (Å²) in [6.45, 7) is 6.23. The van der Waals surface area contributed by atoms with Gasteiger partial charge < -0.3 is 10.3 Å². The van der Waals surface area contributed by atoms with Crippen LogP contribution in [0.4, 0.5) is 0 Å². The molecule has 4 nitrogen and oxygen atoms in total. The van der Waals surface area contributed by atoms with Crippen LogP contribution in [-0.4, -0.2) is 15.9 Å². The first-order chi connectivity index (χ1) is 7.67. The van der Waals surface area contributed by atoms with E-state index in [4.69, 9.17) is 0 Å². The first kappa shape index (κ1) is 12.7. The number of carbonyl (C=O) groups is 1. The molecule has 90 valence electrons. The van der Waals surface area contributed by atoms with Crippen molar-refractivity contribution >= 4 is 5.91 Å². The Morgan fingerprint density at radius 1 is 1.50 bits per heavy atom. The molecule has 1 amide bonds. The number of nitrogens with zero attached hydrogens (tertiary/aromatic N) is 1. The molecule has 0 fully saturated rings. The monoisotopic (exact) mass is 223 g/mol. The van der Waals surface area contributed by atoms with Crippen LogP contribution >= 0.6 is 0 Å². The summed E-state index contributed by atoms with van der Waals surface area (Å²) in [6, 6.07) is 0.00607. The van der Waals surface area contributed by atoms with E-state index in [2.05, 4.69) is 29.1 Å². The Labute approximate surface area is 96.9 Å². The molecule has 0 bridgehead atoms. The average Bonchev–Trinajstić information content (AvgIpc) is 2.79. The number of hydrogen-bond donors (Lipinski definition) is 2. The van der Waals surface area contributed by atoms with Gasteiger partial charge in [-0.25, -0.2) is 4.98 Å². The van der Waals surface area contributed by atoms with E-state index in [-0.39, 0.29) is 11.9 Å². The van der Waals surface area contributed by atoms with Gasteiger partial charge >= 0.3 is 0 Å². The number of H-pyrrole nitrogens is 1. The summed E-state index contributed by atoms with van der Waals surface area (Å²) in [5.74, 6) is 1.38. The molecule has 0 aliphatic carbocycles. The van der Waals surface area contributed by atoms with Crippen molar-refractivity contribution in [1.29, 1.82) is 0 Å². The van der Waals surface area contributed by atoms with Crippen LogP contribution in [0.1, 0.15) is 51.9 Å². The minimum absolute atomic E-state index is 0.00607. The molecule has 4 heteroatoms. The third-order valence-corrected chi connectivity index (χ3v) is 2.82. The molecular weight excluding hydrogens is 202 g/mol. The van der Waals surface area contributed by atoms with Crippen LogP contribution in [0.3, 0.4) is 0 Å². The van der Waals surface area contributed by atoms with Gasteiger partial charge in [0.25, 0.3) is 0 Å². The summed E-state index contributed by atoms with van der Waals surface area (Å²) in [7, 11) is 0. The molecule has 1 rings (SSSR count). The minimum Gasteiger partial charge on any atom is -0.347 e. The van der Waals surface area contributed by atoms with E-state index in [1.165, 1.54) is 0 Å². The lowest BCUT2D eigenvalue weighted by Gasteiger charge is -2.16. The zero-order chi connectivity index (χ0) is 12.0. The largest absolute Gasteiger partial charge is 0.347 e. The molecule has 0 aliphatic rings. The Bertz CT molecular complexity index is 308. The minimum atomic E-state index is 0.00607. The molecule has 2 unspecified atom stereocenters. The summed E-state index contributed by atoms with van der Waals surface area (Å²) >= 11 is 0. The molecule has 1 aromatic heterocycles. The van der Waals surface area contributed by atoms with Crippen LogP contribution in [0.15, 0.2) is 12.4 Å². The van der Waals surface area contributed by atoms with E-state index < -0.39 is 0 Å². The third kappa shape index (κ3) is 3.68. The quantitative estimate of drug-likeness (QED) is 0.778. The van der Waals surface area contributed by atoms with Crippen LogP contribution in [0, 0.1) is 5.92 Å². The number of carbonyl (C=O) groups excluding carboxylic acids is 1. The fraction of sp³-hybridized carbons (Fsp3) is 0.667. The van der Waals surface area contributed by atoms with Gasteiger partial charge in [-0.05, 0) is 12.3 Å². The molecule has 0 saturated carbocycles. The summed E-state index contributed by atoms with van der Waals surface area (Å²) in [5.41, 5.74) is 0. The molecule has 16 heavy (non-hydrogen) atoms. The van der Waals surface area contributed by atoms with Crippen LogP contribution in [-0.2, 0) is 4.79 Å². The highest BCUT2D eigenvalue weighted by Gasteiger charge is 2.15. The van der Waals surface area contributed by atoms with Crippen molar-refractivity contribution in [3.8, 4) is 0 Å². The number of amides is 1. The molecule has 1 aromatic rings. The van der Waals surface area contributed by atoms with E-state index in [9.17, 15) is 4.79 Å². The van der Waals surface area contributed by atoms with Gasteiger partial charge in [0.15, 0.2) is 0 Å². The lowest BCUT2D eigenvalue weighted by Crippen LogP contribution is -2.29. The van der Waals surface area contributed by atoms with Gasteiger partial charge in [-0.3, -0.25) is 4.79 Å². The highest BCUT2D eigenvalue weighted by Crippen LogP contribution is 2.13. The van der Waals surface area contributed by atoms with Gasteiger partial charge in [-0.2, -0.15) is 0 Å². The number of rotatable bonds is 6. The highest BCUT2D eigenvalue weighted by molar-refractivity contribution is 5.76.